The molecule has 3 aliphatic rings. The highest BCUT2D eigenvalue weighted by molar-refractivity contribution is 7.80. The van der Waals surface area contributed by atoms with Crippen molar-refractivity contribution in [3.8, 4) is 0 Å². The van der Waals surface area contributed by atoms with Crippen molar-refractivity contribution in [3.63, 3.8) is 0 Å². The monoisotopic (exact) mass is 754 g/mol. The molecule has 0 aromatic rings. The van der Waals surface area contributed by atoms with E-state index in [2.05, 4.69) is 14.8 Å². The minimum Gasteiger partial charge on any atom is -0.477 e. The van der Waals surface area contributed by atoms with Gasteiger partial charge in [0, 0.05) is 20.3 Å². The van der Waals surface area contributed by atoms with E-state index >= 15 is 0 Å². The number of carbonyl (C=O) groups is 3. The molecule has 3 saturated heterocycles. The minimum absolute atomic E-state index is 0.754. The van der Waals surface area contributed by atoms with Crippen LogP contribution in [0.2, 0.25) is 0 Å². The number of carbonyl (C=O) groups excluding carboxylic acids is 2. The second-order valence-corrected chi connectivity index (χ2v) is 12.9. The number of aliphatic carboxylic acids is 1. The molecule has 0 aromatic carbocycles. The number of aliphatic hydroxyl groups is 9. The smallest absolute Gasteiger partial charge is 0.397 e. The van der Waals surface area contributed by atoms with Crippen LogP contribution < -0.4 is 10.6 Å². The molecule has 3 heterocycles. The summed E-state index contributed by atoms with van der Waals surface area (Å²) in [6.45, 7) is -1.31. The Hall–Kier alpha value is -2.28. The zero-order valence-electron chi connectivity index (χ0n) is 26.3. The first kappa shape index (κ1) is 42.1. The van der Waals surface area contributed by atoms with Crippen LogP contribution >= 0.6 is 0 Å². The summed E-state index contributed by atoms with van der Waals surface area (Å²) < 4.78 is 63.3. The SMILES string of the molecule is CC(=O)N[C@H]1[C@H]([C@H](O)[C@H](O)CO)O[C@@](O[C@H]2[C@@H](O)[C@@H](COS(=O)(=O)O)O[C@@H](O[C@H]3[C@H](O)[C@@H](NC(C)=O)C(O)O[C@@H]3CO)[C@@H]2O)(C(=O)O)C[C@@H]1O. The van der Waals surface area contributed by atoms with Crippen molar-refractivity contribution in [1.29, 1.82) is 0 Å². The van der Waals surface area contributed by atoms with Crippen LogP contribution in [0.3, 0.4) is 0 Å². The molecule has 50 heavy (non-hydrogen) atoms. The van der Waals surface area contributed by atoms with Crippen LogP contribution in [-0.2, 0) is 52.7 Å². The average Bonchev–Trinajstić information content (AvgIpc) is 3.02. The number of carboxylic acids is 1. The summed E-state index contributed by atoms with van der Waals surface area (Å²) in [6.07, 6.45) is -27.8. The van der Waals surface area contributed by atoms with Gasteiger partial charge in [-0.2, -0.15) is 8.42 Å². The fourth-order valence-electron chi connectivity index (χ4n) is 5.71. The average molecular weight is 755 g/mol. The largest absolute Gasteiger partial charge is 0.477 e. The maximum absolute atomic E-state index is 12.7. The first-order chi connectivity index (χ1) is 23.2. The van der Waals surface area contributed by atoms with E-state index in [0.717, 1.165) is 13.8 Å². The minimum atomic E-state index is -5.23. The van der Waals surface area contributed by atoms with Gasteiger partial charge in [0.05, 0.1) is 32.0 Å². The number of rotatable bonds is 14. The van der Waals surface area contributed by atoms with Gasteiger partial charge in [0.2, 0.25) is 11.8 Å². The normalized spacial score (nSPS) is 40.8. The van der Waals surface area contributed by atoms with Crippen LogP contribution in [0.1, 0.15) is 20.3 Å². The van der Waals surface area contributed by atoms with Gasteiger partial charge in [-0.1, -0.05) is 0 Å². The number of hydrogen-bond donors (Lipinski definition) is 13. The van der Waals surface area contributed by atoms with Gasteiger partial charge in [0.15, 0.2) is 12.6 Å². The first-order valence-electron chi connectivity index (χ1n) is 14.9. The standard InChI is InChI=1S/C25H42N2O22S/c1-7(30)26-13-9(32)3-25(24(39)40,48-20(13)15(34)10(33)4-28)49-21-16(35)12(6-44-50(41,42)43)46-23(18(21)37)47-19-11(5-29)45-22(38)14(17(19)36)27-8(2)31/h9-23,28-29,32-38H,3-6H2,1-2H3,(H,26,30)(H,27,31)(H,39,40)(H,41,42,43)/t9-,10+,11+,12+,13+,14+,15+,16-,17+,18+,19+,20+,21-,22?,23-,25-/m0/s1. The van der Waals surface area contributed by atoms with E-state index in [-0.39, 0.29) is 0 Å². The fourth-order valence-corrected chi connectivity index (χ4v) is 6.01. The summed E-state index contributed by atoms with van der Waals surface area (Å²) in [5.41, 5.74) is 0. The van der Waals surface area contributed by atoms with E-state index in [0.29, 0.717) is 0 Å². The van der Waals surface area contributed by atoms with Crippen LogP contribution in [0.15, 0.2) is 0 Å². The molecule has 0 aliphatic carbocycles. The summed E-state index contributed by atoms with van der Waals surface area (Å²) in [5, 5.41) is 109. The highest BCUT2D eigenvalue weighted by Crippen LogP contribution is 2.38. The van der Waals surface area contributed by atoms with Crippen molar-refractivity contribution in [2.75, 3.05) is 19.8 Å². The third-order valence-electron chi connectivity index (χ3n) is 8.07. The highest BCUT2D eigenvalue weighted by atomic mass is 32.3. The number of nitrogens with one attached hydrogen (secondary N) is 2. The van der Waals surface area contributed by atoms with E-state index < -0.39 is 152 Å². The molecule has 16 atom stereocenters. The zero-order chi connectivity index (χ0) is 37.9. The number of carboxylic acid groups (broad SMARTS) is 1. The van der Waals surface area contributed by atoms with Crippen molar-refractivity contribution in [2.45, 2.75) is 118 Å². The third kappa shape index (κ3) is 9.77. The number of ether oxygens (including phenoxy) is 5. The zero-order valence-corrected chi connectivity index (χ0v) is 27.1. The van der Waals surface area contributed by atoms with Gasteiger partial charge in [0.1, 0.15) is 67.1 Å². The molecule has 0 radical (unpaired) electrons. The Kier molecular flexibility index (Phi) is 14.4. The lowest BCUT2D eigenvalue weighted by Gasteiger charge is -2.50. The molecule has 2 amide bonds. The number of aliphatic hydroxyl groups excluding tert-OH is 9. The molecule has 25 heteroatoms. The molecule has 3 aliphatic heterocycles. The van der Waals surface area contributed by atoms with Gasteiger partial charge in [-0.25, -0.2) is 8.98 Å². The second-order valence-electron chi connectivity index (χ2n) is 11.8. The molecule has 3 fully saturated rings. The summed E-state index contributed by atoms with van der Waals surface area (Å²) >= 11 is 0. The van der Waals surface area contributed by atoms with Crippen molar-refractivity contribution < 1.29 is 106 Å². The predicted molar refractivity (Wildman–Crippen MR) is 152 cm³/mol. The molecule has 1 unspecified atom stereocenters. The third-order valence-corrected chi connectivity index (χ3v) is 8.50. The Morgan fingerprint density at radius 2 is 1.50 bits per heavy atom. The summed E-state index contributed by atoms with van der Waals surface area (Å²) in [6, 6.07) is -3.23. The van der Waals surface area contributed by atoms with Crippen LogP contribution in [0.25, 0.3) is 0 Å². The summed E-state index contributed by atoms with van der Waals surface area (Å²) in [7, 11) is -5.23. The fraction of sp³-hybridized carbons (Fsp3) is 0.880. The molecule has 0 aromatic heterocycles. The Morgan fingerprint density at radius 3 is 2.02 bits per heavy atom. The molecule has 0 saturated carbocycles. The molecule has 13 N–H and O–H groups in total. The Balaban J connectivity index is 2.03. The van der Waals surface area contributed by atoms with E-state index in [1.54, 1.807) is 0 Å². The lowest BCUT2D eigenvalue weighted by atomic mass is 9.88. The van der Waals surface area contributed by atoms with Gasteiger partial charge in [-0.05, 0) is 0 Å². The van der Waals surface area contributed by atoms with Gasteiger partial charge >= 0.3 is 16.4 Å². The maximum Gasteiger partial charge on any atom is 0.397 e. The molecule has 3 rings (SSSR count). The van der Waals surface area contributed by atoms with E-state index in [1.165, 1.54) is 0 Å². The van der Waals surface area contributed by atoms with Gasteiger partial charge in [0.25, 0.3) is 5.79 Å². The maximum atomic E-state index is 12.7. The summed E-state index contributed by atoms with van der Waals surface area (Å²) in [4.78, 5) is 36.2. The Bertz CT molecular complexity index is 1290. The van der Waals surface area contributed by atoms with Crippen LogP contribution in [0.4, 0.5) is 0 Å². The number of hydrogen-bond acceptors (Lipinski definition) is 20. The number of amides is 2. The van der Waals surface area contributed by atoms with Crippen molar-refractivity contribution in [1.82, 2.24) is 10.6 Å². The quantitative estimate of drug-likeness (QED) is 0.0732. The van der Waals surface area contributed by atoms with E-state index in [9.17, 15) is 73.9 Å². The molecular weight excluding hydrogens is 712 g/mol. The molecule has 0 bridgehead atoms. The van der Waals surface area contributed by atoms with Gasteiger partial charge in [-0.15, -0.1) is 0 Å². The Morgan fingerprint density at radius 1 is 0.900 bits per heavy atom. The second kappa shape index (κ2) is 17.0. The van der Waals surface area contributed by atoms with Crippen molar-refractivity contribution >= 4 is 28.2 Å². The summed E-state index contributed by atoms with van der Waals surface area (Å²) in [5.74, 6) is -6.82. The van der Waals surface area contributed by atoms with Gasteiger partial charge in [-0.3, -0.25) is 14.1 Å². The van der Waals surface area contributed by atoms with Gasteiger partial charge < -0.3 is 85.4 Å². The molecule has 24 nitrogen and oxygen atoms in total. The van der Waals surface area contributed by atoms with Crippen LogP contribution in [0, 0.1) is 0 Å². The van der Waals surface area contributed by atoms with Crippen LogP contribution in [-0.4, -0.2) is 199 Å². The Labute approximate surface area is 283 Å². The molecule has 0 spiro atoms. The van der Waals surface area contributed by atoms with Crippen molar-refractivity contribution in [3.05, 3.63) is 0 Å². The highest BCUT2D eigenvalue weighted by Gasteiger charge is 2.60. The lowest BCUT2D eigenvalue weighted by Crippen LogP contribution is -2.71. The van der Waals surface area contributed by atoms with E-state index in [1.807, 2.05) is 0 Å². The predicted octanol–water partition coefficient (Wildman–Crippen LogP) is -8.25. The topological polar surface area (TPSA) is 387 Å². The van der Waals surface area contributed by atoms with Crippen molar-refractivity contribution in [2.24, 2.45) is 0 Å². The lowest BCUT2D eigenvalue weighted by molar-refractivity contribution is -0.381. The van der Waals surface area contributed by atoms with E-state index in [4.69, 9.17) is 28.2 Å². The van der Waals surface area contributed by atoms with Crippen LogP contribution in [0.5, 0.6) is 0 Å². The molecular formula is C25H42N2O22S. The first-order valence-corrected chi connectivity index (χ1v) is 16.2. The molecule has 290 valence electrons.